The molecule has 2 fully saturated rings. The summed E-state index contributed by atoms with van der Waals surface area (Å²) in [4.78, 5) is 26.6. The Balaban J connectivity index is 1.41. The van der Waals surface area contributed by atoms with Gasteiger partial charge in [-0.3, -0.25) is 4.79 Å². The molecule has 1 aliphatic carbocycles. The van der Waals surface area contributed by atoms with Crippen molar-refractivity contribution in [3.05, 3.63) is 71.9 Å². The standard InChI is InChI=1S/C28H35ClN4OS/c1-6-12-32(13-7-2)24-14-23(29)30-26(31-24)35-17-20-8-10-21(11-9-20)25(34)33-19-28(5)16-22(33)15-27(3,4)18-28/h6-11,14,22H,1-2,12-13,15-19H2,3-5H3. The van der Waals surface area contributed by atoms with Crippen molar-refractivity contribution in [1.29, 1.82) is 0 Å². The van der Waals surface area contributed by atoms with Crippen LogP contribution >= 0.6 is 23.4 Å². The lowest BCUT2D eigenvalue weighted by molar-refractivity contribution is 0.0708. The maximum Gasteiger partial charge on any atom is 0.254 e. The minimum Gasteiger partial charge on any atom is -0.349 e. The summed E-state index contributed by atoms with van der Waals surface area (Å²) in [6.07, 6.45) is 7.04. The molecule has 1 saturated carbocycles. The van der Waals surface area contributed by atoms with Crippen LogP contribution < -0.4 is 4.90 Å². The fourth-order valence-electron chi connectivity index (χ4n) is 5.94. The number of amides is 1. The van der Waals surface area contributed by atoms with Crippen molar-refractivity contribution < 1.29 is 4.79 Å². The van der Waals surface area contributed by atoms with E-state index in [0.717, 1.165) is 36.3 Å². The van der Waals surface area contributed by atoms with Gasteiger partial charge >= 0.3 is 0 Å². The molecule has 2 heterocycles. The van der Waals surface area contributed by atoms with Gasteiger partial charge in [-0.2, -0.15) is 0 Å². The first-order valence-electron chi connectivity index (χ1n) is 12.2. The molecule has 0 N–H and O–H groups in total. The number of carbonyl (C=O) groups is 1. The van der Waals surface area contributed by atoms with Crippen LogP contribution in [0.4, 0.5) is 5.82 Å². The molecule has 2 aliphatic rings. The Morgan fingerprint density at radius 2 is 1.86 bits per heavy atom. The number of fused-ring (bicyclic) bond motifs is 2. The molecular weight excluding hydrogens is 476 g/mol. The van der Waals surface area contributed by atoms with Gasteiger partial charge in [-0.1, -0.05) is 68.4 Å². The first kappa shape index (κ1) is 25.8. The van der Waals surface area contributed by atoms with E-state index in [1.54, 1.807) is 6.07 Å². The van der Waals surface area contributed by atoms with E-state index in [1.165, 1.54) is 18.2 Å². The smallest absolute Gasteiger partial charge is 0.254 e. The SMILES string of the molecule is C=CCN(CC=C)c1cc(Cl)nc(SCc2ccc(C(=O)N3CC4(C)CC3CC(C)(C)C4)cc2)n1. The highest BCUT2D eigenvalue weighted by Gasteiger charge is 2.51. The number of hydrogen-bond donors (Lipinski definition) is 0. The molecule has 2 atom stereocenters. The summed E-state index contributed by atoms with van der Waals surface area (Å²) in [5.41, 5.74) is 2.41. The highest BCUT2D eigenvalue weighted by Crippen LogP contribution is 2.52. The molecule has 1 aromatic heterocycles. The number of nitrogens with zero attached hydrogens (tertiary/aromatic N) is 4. The van der Waals surface area contributed by atoms with Crippen LogP contribution in [0.2, 0.25) is 5.15 Å². The Labute approximate surface area is 218 Å². The molecule has 2 bridgehead atoms. The Kier molecular flexibility index (Phi) is 7.62. The lowest BCUT2D eigenvalue weighted by Gasteiger charge is -2.39. The second-order valence-corrected chi connectivity index (χ2v) is 12.3. The molecule has 4 rings (SSSR count). The van der Waals surface area contributed by atoms with Crippen molar-refractivity contribution in [2.45, 2.75) is 57.0 Å². The maximum absolute atomic E-state index is 13.3. The summed E-state index contributed by atoms with van der Waals surface area (Å²) in [6.45, 7) is 16.8. The van der Waals surface area contributed by atoms with Gasteiger partial charge in [0.1, 0.15) is 11.0 Å². The van der Waals surface area contributed by atoms with Crippen molar-refractivity contribution in [1.82, 2.24) is 14.9 Å². The minimum absolute atomic E-state index is 0.156. The number of halogens is 1. The van der Waals surface area contributed by atoms with Crippen molar-refractivity contribution in [3.8, 4) is 0 Å². The number of hydrogen-bond acceptors (Lipinski definition) is 5. The van der Waals surface area contributed by atoms with Crippen molar-refractivity contribution >= 4 is 35.1 Å². The third-order valence-electron chi connectivity index (χ3n) is 6.93. The third kappa shape index (κ3) is 6.10. The number of benzene rings is 1. The summed E-state index contributed by atoms with van der Waals surface area (Å²) >= 11 is 7.80. The Hall–Kier alpha value is -2.31. The summed E-state index contributed by atoms with van der Waals surface area (Å²) in [5.74, 6) is 1.60. The maximum atomic E-state index is 13.3. The predicted molar refractivity (Wildman–Crippen MR) is 146 cm³/mol. The summed E-state index contributed by atoms with van der Waals surface area (Å²) in [7, 11) is 0. The minimum atomic E-state index is 0.156. The van der Waals surface area contributed by atoms with Crippen molar-refractivity contribution in [2.24, 2.45) is 10.8 Å². The van der Waals surface area contributed by atoms with Crippen LogP contribution in [-0.2, 0) is 5.75 Å². The first-order chi connectivity index (χ1) is 16.6. The highest BCUT2D eigenvalue weighted by molar-refractivity contribution is 7.98. The van der Waals surface area contributed by atoms with Gasteiger partial charge in [0.2, 0.25) is 0 Å². The molecule has 2 aromatic rings. The van der Waals surface area contributed by atoms with Gasteiger partial charge in [-0.25, -0.2) is 9.97 Å². The Morgan fingerprint density at radius 3 is 2.51 bits per heavy atom. The highest BCUT2D eigenvalue weighted by atomic mass is 35.5. The largest absolute Gasteiger partial charge is 0.349 e. The molecule has 1 aromatic carbocycles. The molecular formula is C28H35ClN4OS. The molecule has 0 spiro atoms. The summed E-state index contributed by atoms with van der Waals surface area (Å²) < 4.78 is 0. The zero-order valence-corrected chi connectivity index (χ0v) is 22.5. The van der Waals surface area contributed by atoms with Crippen LogP contribution in [0.25, 0.3) is 0 Å². The lowest BCUT2D eigenvalue weighted by Crippen LogP contribution is -2.37. The van der Waals surface area contributed by atoms with Crippen molar-refractivity contribution in [3.63, 3.8) is 0 Å². The molecule has 7 heteroatoms. The molecule has 1 amide bonds. The van der Waals surface area contributed by atoms with E-state index in [-0.39, 0.29) is 11.3 Å². The number of thioether (sulfide) groups is 1. The summed E-state index contributed by atoms with van der Waals surface area (Å²) in [6, 6.07) is 10.1. The molecule has 0 radical (unpaired) electrons. The van der Waals surface area contributed by atoms with Crippen molar-refractivity contribution in [2.75, 3.05) is 24.5 Å². The van der Waals surface area contributed by atoms with Crippen LogP contribution in [-0.4, -0.2) is 46.5 Å². The lowest BCUT2D eigenvalue weighted by atomic mass is 9.65. The van der Waals surface area contributed by atoms with Crippen LogP contribution in [0.15, 0.2) is 60.8 Å². The topological polar surface area (TPSA) is 49.3 Å². The molecule has 186 valence electrons. The van der Waals surface area contributed by atoms with Crippen LogP contribution in [0.1, 0.15) is 56.0 Å². The van der Waals surface area contributed by atoms with E-state index in [0.29, 0.717) is 40.6 Å². The summed E-state index contributed by atoms with van der Waals surface area (Å²) in [5, 5.41) is 1.02. The van der Waals surface area contributed by atoms with E-state index in [2.05, 4.69) is 48.8 Å². The monoisotopic (exact) mass is 510 g/mol. The van der Waals surface area contributed by atoms with Crippen LogP contribution in [0.3, 0.4) is 0 Å². The first-order valence-corrected chi connectivity index (χ1v) is 13.5. The Morgan fingerprint density at radius 1 is 1.17 bits per heavy atom. The Bertz CT molecular complexity index is 1090. The molecule has 35 heavy (non-hydrogen) atoms. The van der Waals surface area contributed by atoms with Gasteiger partial charge in [0.05, 0.1) is 0 Å². The number of rotatable bonds is 9. The van der Waals surface area contributed by atoms with Gasteiger partial charge in [-0.15, -0.1) is 13.2 Å². The third-order valence-corrected chi connectivity index (χ3v) is 8.04. The van der Waals surface area contributed by atoms with Gasteiger partial charge in [0.15, 0.2) is 5.16 Å². The number of carbonyl (C=O) groups excluding carboxylic acids is 1. The molecule has 1 saturated heterocycles. The molecule has 1 aliphatic heterocycles. The quantitative estimate of drug-likeness (QED) is 0.164. The fraction of sp³-hybridized carbons (Fsp3) is 0.464. The van der Waals surface area contributed by atoms with Crippen LogP contribution in [0.5, 0.6) is 0 Å². The van der Waals surface area contributed by atoms with Gasteiger partial charge in [0.25, 0.3) is 5.91 Å². The van der Waals surface area contributed by atoms with Gasteiger partial charge in [-0.05, 0) is 47.8 Å². The van der Waals surface area contributed by atoms with E-state index in [9.17, 15) is 4.79 Å². The van der Waals surface area contributed by atoms with E-state index in [1.807, 2.05) is 41.3 Å². The number of likely N-dealkylation sites (tertiary alicyclic amines) is 1. The molecule has 5 nitrogen and oxygen atoms in total. The number of aromatic nitrogens is 2. The van der Waals surface area contributed by atoms with Gasteiger partial charge in [0, 0.05) is 43.1 Å². The van der Waals surface area contributed by atoms with Gasteiger partial charge < -0.3 is 9.80 Å². The predicted octanol–water partition coefficient (Wildman–Crippen LogP) is 6.64. The zero-order valence-electron chi connectivity index (χ0n) is 21.0. The molecule has 2 unspecified atom stereocenters. The average Bonchev–Trinajstić information content (AvgIpc) is 3.05. The van der Waals surface area contributed by atoms with Crippen LogP contribution in [0, 0.1) is 10.8 Å². The zero-order chi connectivity index (χ0) is 25.2. The normalized spacial score (nSPS) is 22.6. The van der Waals surface area contributed by atoms with E-state index < -0.39 is 0 Å². The number of anilines is 1. The second-order valence-electron chi connectivity index (χ2n) is 10.9. The average molecular weight is 511 g/mol. The fourth-order valence-corrected chi connectivity index (χ4v) is 6.98. The van der Waals surface area contributed by atoms with E-state index >= 15 is 0 Å². The van der Waals surface area contributed by atoms with E-state index in [4.69, 9.17) is 11.6 Å². The second kappa shape index (κ2) is 10.4.